The largest absolute Gasteiger partial charge is 0.497 e. The third kappa shape index (κ3) is 3.49. The first-order valence-corrected chi connectivity index (χ1v) is 8.70. The van der Waals surface area contributed by atoms with Gasteiger partial charge in [0.1, 0.15) is 10.6 Å². The molecule has 2 rings (SSSR count). The number of nitrogen functional groups attached to an aromatic ring is 1. The van der Waals surface area contributed by atoms with Gasteiger partial charge in [0.2, 0.25) is 10.0 Å². The van der Waals surface area contributed by atoms with Crippen molar-refractivity contribution in [1.29, 1.82) is 0 Å². The standard InChI is InChI=1S/C15H24N2O3S/c1-15(2)9-5-4-6-14(15)17-21(18,19)13-8-7-11(20-3)10-12(13)16/h7-8,10,14,17H,4-6,9,16H2,1-3H3. The molecule has 0 aromatic heterocycles. The summed E-state index contributed by atoms with van der Waals surface area (Å²) < 4.78 is 33.0. The molecule has 3 N–H and O–H groups in total. The van der Waals surface area contributed by atoms with Crippen LogP contribution in [-0.4, -0.2) is 21.6 Å². The van der Waals surface area contributed by atoms with Crippen LogP contribution in [0, 0.1) is 5.41 Å². The Balaban J connectivity index is 2.26. The molecular formula is C15H24N2O3S. The quantitative estimate of drug-likeness (QED) is 0.837. The van der Waals surface area contributed by atoms with Gasteiger partial charge in [-0.15, -0.1) is 0 Å². The Morgan fingerprint density at radius 1 is 1.33 bits per heavy atom. The van der Waals surface area contributed by atoms with Crippen LogP contribution in [-0.2, 0) is 10.0 Å². The van der Waals surface area contributed by atoms with Crippen molar-refractivity contribution in [3.8, 4) is 5.75 Å². The summed E-state index contributed by atoms with van der Waals surface area (Å²) in [5.74, 6) is 0.546. The number of nitrogens with one attached hydrogen (secondary N) is 1. The summed E-state index contributed by atoms with van der Waals surface area (Å²) in [5.41, 5.74) is 6.03. The molecular weight excluding hydrogens is 288 g/mol. The van der Waals surface area contributed by atoms with Gasteiger partial charge in [-0.05, 0) is 30.4 Å². The molecule has 118 valence electrons. The van der Waals surface area contributed by atoms with Gasteiger partial charge in [-0.3, -0.25) is 0 Å². The van der Waals surface area contributed by atoms with Crippen molar-refractivity contribution in [2.45, 2.75) is 50.5 Å². The maximum atomic E-state index is 12.6. The van der Waals surface area contributed by atoms with Gasteiger partial charge in [-0.25, -0.2) is 13.1 Å². The van der Waals surface area contributed by atoms with Gasteiger partial charge in [-0.1, -0.05) is 26.7 Å². The maximum Gasteiger partial charge on any atom is 0.242 e. The van der Waals surface area contributed by atoms with E-state index in [0.29, 0.717) is 5.75 Å². The Hall–Kier alpha value is -1.27. The highest BCUT2D eigenvalue weighted by Gasteiger charge is 2.35. The Bertz CT molecular complexity index is 611. The molecule has 6 heteroatoms. The molecule has 1 fully saturated rings. The number of sulfonamides is 1. The number of benzene rings is 1. The van der Waals surface area contributed by atoms with E-state index in [1.807, 2.05) is 0 Å². The molecule has 0 aliphatic heterocycles. The lowest BCUT2D eigenvalue weighted by molar-refractivity contribution is 0.188. The number of hydrogen-bond donors (Lipinski definition) is 2. The summed E-state index contributed by atoms with van der Waals surface area (Å²) in [4.78, 5) is 0.115. The highest BCUT2D eigenvalue weighted by molar-refractivity contribution is 7.89. The summed E-state index contributed by atoms with van der Waals surface area (Å²) in [6.07, 6.45) is 4.09. The smallest absolute Gasteiger partial charge is 0.242 e. The summed E-state index contributed by atoms with van der Waals surface area (Å²) in [7, 11) is -2.10. The Labute approximate surface area is 126 Å². The highest BCUT2D eigenvalue weighted by atomic mass is 32.2. The Morgan fingerprint density at radius 2 is 2.05 bits per heavy atom. The lowest BCUT2D eigenvalue weighted by Crippen LogP contribution is -2.46. The number of anilines is 1. The van der Waals surface area contributed by atoms with Crippen LogP contribution in [0.3, 0.4) is 0 Å². The molecule has 1 unspecified atom stereocenters. The first-order valence-electron chi connectivity index (χ1n) is 7.22. The van der Waals surface area contributed by atoms with E-state index in [1.54, 1.807) is 6.07 Å². The molecule has 0 saturated heterocycles. The van der Waals surface area contributed by atoms with E-state index < -0.39 is 10.0 Å². The predicted octanol–water partition coefficient (Wildman–Crippen LogP) is 2.52. The van der Waals surface area contributed by atoms with E-state index in [9.17, 15) is 8.42 Å². The lowest BCUT2D eigenvalue weighted by Gasteiger charge is -2.38. The molecule has 5 nitrogen and oxygen atoms in total. The van der Waals surface area contributed by atoms with Gasteiger partial charge >= 0.3 is 0 Å². The van der Waals surface area contributed by atoms with Crippen LogP contribution in [0.1, 0.15) is 39.5 Å². The molecule has 1 aliphatic rings. The number of methoxy groups -OCH3 is 1. The molecule has 1 atom stereocenters. The van der Waals surface area contributed by atoms with Crippen LogP contribution in [0.15, 0.2) is 23.1 Å². The summed E-state index contributed by atoms with van der Waals surface area (Å²) in [6.45, 7) is 4.22. The minimum Gasteiger partial charge on any atom is -0.497 e. The molecule has 0 spiro atoms. The molecule has 1 saturated carbocycles. The van der Waals surface area contributed by atoms with Crippen molar-refractivity contribution in [2.24, 2.45) is 5.41 Å². The summed E-state index contributed by atoms with van der Waals surface area (Å²) in [5, 5.41) is 0. The van der Waals surface area contributed by atoms with Crippen LogP contribution >= 0.6 is 0 Å². The van der Waals surface area contributed by atoms with Crippen molar-refractivity contribution in [3.63, 3.8) is 0 Å². The zero-order valence-electron chi connectivity index (χ0n) is 12.8. The normalized spacial score (nSPS) is 22.0. The van der Waals surface area contributed by atoms with Gasteiger partial charge in [0.15, 0.2) is 0 Å². The molecule has 0 radical (unpaired) electrons. The number of rotatable bonds is 4. The van der Waals surface area contributed by atoms with E-state index in [1.165, 1.54) is 19.2 Å². The fourth-order valence-electron chi connectivity index (χ4n) is 2.86. The number of hydrogen-bond acceptors (Lipinski definition) is 4. The highest BCUT2D eigenvalue weighted by Crippen LogP contribution is 2.36. The van der Waals surface area contributed by atoms with Crippen molar-refractivity contribution in [1.82, 2.24) is 4.72 Å². The molecule has 0 amide bonds. The molecule has 1 aromatic carbocycles. The second kappa shape index (κ2) is 5.85. The molecule has 0 heterocycles. The fourth-order valence-corrected chi connectivity index (χ4v) is 4.42. The average molecular weight is 312 g/mol. The Kier molecular flexibility index (Phi) is 4.49. The monoisotopic (exact) mass is 312 g/mol. The van der Waals surface area contributed by atoms with Gasteiger partial charge in [0.25, 0.3) is 0 Å². The second-order valence-corrected chi connectivity index (χ2v) is 7.99. The molecule has 21 heavy (non-hydrogen) atoms. The average Bonchev–Trinajstić information content (AvgIpc) is 2.40. The SMILES string of the molecule is COc1ccc(S(=O)(=O)NC2CCCCC2(C)C)c(N)c1. The summed E-state index contributed by atoms with van der Waals surface area (Å²) in [6, 6.07) is 4.57. The number of ether oxygens (including phenoxy) is 1. The van der Waals surface area contributed by atoms with Crippen molar-refractivity contribution in [3.05, 3.63) is 18.2 Å². The third-order valence-corrected chi connectivity index (χ3v) is 5.86. The predicted molar refractivity (Wildman–Crippen MR) is 83.8 cm³/mol. The number of nitrogens with two attached hydrogens (primary N) is 1. The minimum atomic E-state index is -3.62. The van der Waals surface area contributed by atoms with Crippen LogP contribution in [0.2, 0.25) is 0 Å². The van der Waals surface area contributed by atoms with Gasteiger partial charge in [0, 0.05) is 12.1 Å². The summed E-state index contributed by atoms with van der Waals surface area (Å²) >= 11 is 0. The topological polar surface area (TPSA) is 81.4 Å². The zero-order valence-corrected chi connectivity index (χ0v) is 13.7. The van der Waals surface area contributed by atoms with Crippen LogP contribution in [0.5, 0.6) is 5.75 Å². The van der Waals surface area contributed by atoms with Crippen molar-refractivity contribution < 1.29 is 13.2 Å². The first kappa shape index (κ1) is 16.1. The molecule has 0 bridgehead atoms. The lowest BCUT2D eigenvalue weighted by atomic mass is 9.74. The minimum absolute atomic E-state index is 0.0352. The van der Waals surface area contributed by atoms with E-state index in [2.05, 4.69) is 18.6 Å². The van der Waals surface area contributed by atoms with Crippen LogP contribution in [0.4, 0.5) is 5.69 Å². The second-order valence-electron chi connectivity index (χ2n) is 6.31. The Morgan fingerprint density at radius 3 is 2.62 bits per heavy atom. The van der Waals surface area contributed by atoms with E-state index in [-0.39, 0.29) is 22.0 Å². The van der Waals surface area contributed by atoms with Crippen LogP contribution < -0.4 is 15.2 Å². The van der Waals surface area contributed by atoms with Crippen molar-refractivity contribution >= 4 is 15.7 Å². The van der Waals surface area contributed by atoms with Gasteiger partial charge < -0.3 is 10.5 Å². The molecule has 1 aromatic rings. The third-order valence-electron chi connectivity index (χ3n) is 4.31. The molecule has 1 aliphatic carbocycles. The van der Waals surface area contributed by atoms with E-state index >= 15 is 0 Å². The first-order chi connectivity index (χ1) is 9.76. The van der Waals surface area contributed by atoms with Crippen molar-refractivity contribution in [2.75, 3.05) is 12.8 Å². The fraction of sp³-hybridized carbons (Fsp3) is 0.600. The van der Waals surface area contributed by atoms with E-state index in [0.717, 1.165) is 25.7 Å². The van der Waals surface area contributed by atoms with Crippen LogP contribution in [0.25, 0.3) is 0 Å². The van der Waals surface area contributed by atoms with Gasteiger partial charge in [-0.2, -0.15) is 0 Å². The van der Waals surface area contributed by atoms with E-state index in [4.69, 9.17) is 10.5 Å². The maximum absolute atomic E-state index is 12.6. The zero-order chi connectivity index (χ0) is 15.7. The van der Waals surface area contributed by atoms with Gasteiger partial charge in [0.05, 0.1) is 12.8 Å².